The number of imidazole rings is 1. The van der Waals surface area contributed by atoms with E-state index in [1.807, 2.05) is 0 Å². The molecule has 0 atom stereocenters. The first-order valence-corrected chi connectivity index (χ1v) is 4.57. The van der Waals surface area contributed by atoms with Crippen LogP contribution in [0, 0.1) is 0 Å². The largest absolute Gasteiger partial charge is 0.448 e. The minimum atomic E-state index is -0.795. The molecule has 0 fully saturated rings. The van der Waals surface area contributed by atoms with Gasteiger partial charge in [-0.2, -0.15) is 0 Å². The summed E-state index contributed by atoms with van der Waals surface area (Å²) in [6, 6.07) is 0. The summed E-state index contributed by atoms with van der Waals surface area (Å²) in [5.41, 5.74) is 6.10. The molecule has 2 rings (SSSR count). The number of nitrogens with two attached hydrogens (primary N) is 1. The van der Waals surface area contributed by atoms with Crippen LogP contribution < -0.4 is 11.1 Å². The number of nitrogens with zero attached hydrogens (tertiary/aromatic N) is 3. The molecule has 0 saturated carbocycles. The maximum atomic E-state index is 10.3. The summed E-state index contributed by atoms with van der Waals surface area (Å²) >= 11 is 0. The zero-order valence-corrected chi connectivity index (χ0v) is 8.30. The molecule has 2 heterocycles. The molecule has 0 aliphatic rings. The van der Waals surface area contributed by atoms with E-state index in [0.717, 1.165) is 0 Å². The highest BCUT2D eigenvalue weighted by Crippen LogP contribution is 2.13. The van der Waals surface area contributed by atoms with Crippen LogP contribution in [0.25, 0.3) is 11.2 Å². The number of anilines is 1. The van der Waals surface area contributed by atoms with Gasteiger partial charge in [0, 0.05) is 0 Å². The predicted octanol–water partition coefficient (Wildman–Crippen LogP) is -0.140. The summed E-state index contributed by atoms with van der Waals surface area (Å²) in [7, 11) is 0. The Labute approximate surface area is 90.2 Å². The normalized spacial score (nSPS) is 10.2. The Bertz CT molecular complexity index is 496. The van der Waals surface area contributed by atoms with Crippen LogP contribution in [0.4, 0.5) is 10.6 Å². The molecule has 0 aliphatic heterocycles. The molecule has 0 saturated heterocycles. The monoisotopic (exact) mass is 222 g/mol. The highest BCUT2D eigenvalue weighted by molar-refractivity contribution is 5.81. The lowest BCUT2D eigenvalue weighted by Crippen LogP contribution is -2.18. The van der Waals surface area contributed by atoms with Crippen LogP contribution in [0.2, 0.25) is 0 Å². The van der Waals surface area contributed by atoms with Crippen molar-refractivity contribution in [2.24, 2.45) is 5.73 Å². The number of H-pyrrole nitrogens is 1. The van der Waals surface area contributed by atoms with Gasteiger partial charge < -0.3 is 20.8 Å². The van der Waals surface area contributed by atoms with E-state index in [0.29, 0.717) is 23.5 Å². The molecule has 0 bridgehead atoms. The van der Waals surface area contributed by atoms with Crippen LogP contribution in [0.15, 0.2) is 12.7 Å². The summed E-state index contributed by atoms with van der Waals surface area (Å²) in [5, 5.41) is 2.97. The molecule has 8 heteroatoms. The third kappa shape index (κ3) is 2.16. The Kier molecular flexibility index (Phi) is 2.81. The van der Waals surface area contributed by atoms with Crippen LogP contribution in [0.1, 0.15) is 0 Å². The third-order valence-electron chi connectivity index (χ3n) is 1.86. The van der Waals surface area contributed by atoms with Crippen LogP contribution in [-0.4, -0.2) is 39.2 Å². The number of carbonyl (C=O) groups excluding carboxylic acids is 1. The van der Waals surface area contributed by atoms with E-state index in [4.69, 9.17) is 5.73 Å². The van der Waals surface area contributed by atoms with Crippen molar-refractivity contribution in [3.8, 4) is 0 Å². The Morgan fingerprint density at radius 2 is 2.38 bits per heavy atom. The van der Waals surface area contributed by atoms with Crippen LogP contribution in [0.3, 0.4) is 0 Å². The Morgan fingerprint density at radius 1 is 1.50 bits per heavy atom. The molecule has 0 spiro atoms. The van der Waals surface area contributed by atoms with Gasteiger partial charge in [0.2, 0.25) is 0 Å². The predicted molar refractivity (Wildman–Crippen MR) is 55.7 cm³/mol. The number of hydrogen-bond acceptors (Lipinski definition) is 6. The van der Waals surface area contributed by atoms with Crippen molar-refractivity contribution in [1.29, 1.82) is 0 Å². The van der Waals surface area contributed by atoms with Crippen molar-refractivity contribution in [2.45, 2.75) is 0 Å². The van der Waals surface area contributed by atoms with E-state index >= 15 is 0 Å². The number of rotatable bonds is 4. The topological polar surface area (TPSA) is 119 Å². The second kappa shape index (κ2) is 4.43. The zero-order chi connectivity index (χ0) is 11.4. The molecule has 0 aliphatic carbocycles. The molecule has 1 amide bonds. The molecule has 0 aromatic carbocycles. The molecule has 16 heavy (non-hydrogen) atoms. The number of aromatic nitrogens is 4. The summed E-state index contributed by atoms with van der Waals surface area (Å²) in [6.07, 6.45) is 2.14. The molecule has 4 N–H and O–H groups in total. The molecular weight excluding hydrogens is 212 g/mol. The van der Waals surface area contributed by atoms with Crippen LogP contribution in [-0.2, 0) is 4.74 Å². The van der Waals surface area contributed by atoms with Crippen molar-refractivity contribution in [2.75, 3.05) is 18.5 Å². The second-order valence-electron chi connectivity index (χ2n) is 2.92. The molecule has 0 radical (unpaired) electrons. The van der Waals surface area contributed by atoms with Gasteiger partial charge in [0.05, 0.1) is 12.9 Å². The van der Waals surface area contributed by atoms with Gasteiger partial charge in [-0.3, -0.25) is 0 Å². The first-order valence-electron chi connectivity index (χ1n) is 4.57. The molecule has 8 nitrogen and oxygen atoms in total. The fraction of sp³-hybridized carbons (Fsp3) is 0.250. The molecule has 2 aromatic rings. The number of fused-ring (bicyclic) bond motifs is 1. The lowest BCUT2D eigenvalue weighted by Gasteiger charge is -2.05. The molecule has 2 aromatic heterocycles. The molecule has 0 unspecified atom stereocenters. The lowest BCUT2D eigenvalue weighted by atomic mass is 10.5. The summed E-state index contributed by atoms with van der Waals surface area (Å²) in [6.45, 7) is 0.586. The van der Waals surface area contributed by atoms with Crippen molar-refractivity contribution >= 4 is 23.1 Å². The number of aromatic amines is 1. The maximum Gasteiger partial charge on any atom is 0.404 e. The summed E-state index contributed by atoms with van der Waals surface area (Å²) in [4.78, 5) is 25.2. The highest BCUT2D eigenvalue weighted by atomic mass is 16.5. The van der Waals surface area contributed by atoms with Gasteiger partial charge in [-0.25, -0.2) is 19.7 Å². The standard InChI is InChI=1S/C8H10N6O2/c9-8(15)16-2-1-10-6-5-7(12-3-11-5)14-4-13-6/h3-4H,1-2H2,(H2,9,15)(H2,10,11,12,13,14). The van der Waals surface area contributed by atoms with Crippen molar-refractivity contribution in [3.05, 3.63) is 12.7 Å². The summed E-state index contributed by atoms with van der Waals surface area (Å²) < 4.78 is 4.56. The second-order valence-corrected chi connectivity index (χ2v) is 2.92. The number of carbonyl (C=O) groups is 1. The van der Waals surface area contributed by atoms with Gasteiger partial charge >= 0.3 is 6.09 Å². The van der Waals surface area contributed by atoms with E-state index in [-0.39, 0.29) is 6.61 Å². The van der Waals surface area contributed by atoms with Crippen molar-refractivity contribution in [3.63, 3.8) is 0 Å². The first kappa shape index (κ1) is 10.1. The van der Waals surface area contributed by atoms with Gasteiger partial charge in [-0.15, -0.1) is 0 Å². The van der Waals surface area contributed by atoms with Crippen molar-refractivity contribution < 1.29 is 9.53 Å². The number of ether oxygens (including phenoxy) is 1. The third-order valence-corrected chi connectivity index (χ3v) is 1.86. The van der Waals surface area contributed by atoms with Crippen molar-refractivity contribution in [1.82, 2.24) is 19.9 Å². The first-order chi connectivity index (χ1) is 7.77. The summed E-state index contributed by atoms with van der Waals surface area (Å²) in [5.74, 6) is 0.607. The van der Waals surface area contributed by atoms with E-state index in [9.17, 15) is 4.79 Å². The highest BCUT2D eigenvalue weighted by Gasteiger charge is 2.04. The Hall–Kier alpha value is -2.38. The minimum absolute atomic E-state index is 0.176. The van der Waals surface area contributed by atoms with E-state index in [1.54, 1.807) is 0 Å². The lowest BCUT2D eigenvalue weighted by molar-refractivity contribution is 0.161. The molecular formula is C8H10N6O2. The number of nitrogens with one attached hydrogen (secondary N) is 2. The fourth-order valence-electron chi connectivity index (χ4n) is 1.22. The van der Waals surface area contributed by atoms with E-state index in [1.165, 1.54) is 12.7 Å². The Morgan fingerprint density at radius 3 is 3.19 bits per heavy atom. The van der Waals surface area contributed by atoms with Gasteiger partial charge in [0.1, 0.15) is 18.5 Å². The van der Waals surface area contributed by atoms with Crippen LogP contribution >= 0.6 is 0 Å². The van der Waals surface area contributed by atoms with Gasteiger partial charge in [-0.1, -0.05) is 0 Å². The fourth-order valence-corrected chi connectivity index (χ4v) is 1.22. The maximum absolute atomic E-state index is 10.3. The van der Waals surface area contributed by atoms with Gasteiger partial charge in [0.15, 0.2) is 11.5 Å². The van der Waals surface area contributed by atoms with Gasteiger partial charge in [-0.05, 0) is 0 Å². The minimum Gasteiger partial charge on any atom is -0.448 e. The van der Waals surface area contributed by atoms with E-state index in [2.05, 4.69) is 30.0 Å². The van der Waals surface area contributed by atoms with Crippen LogP contribution in [0.5, 0.6) is 0 Å². The van der Waals surface area contributed by atoms with Gasteiger partial charge in [0.25, 0.3) is 0 Å². The average molecular weight is 222 g/mol. The Balaban J connectivity index is 1.98. The number of hydrogen-bond donors (Lipinski definition) is 3. The molecule has 84 valence electrons. The average Bonchev–Trinajstić information content (AvgIpc) is 2.72. The quantitative estimate of drug-likeness (QED) is 0.619. The zero-order valence-electron chi connectivity index (χ0n) is 8.30. The number of primary amides is 1. The smallest absolute Gasteiger partial charge is 0.404 e. The van der Waals surface area contributed by atoms with E-state index < -0.39 is 6.09 Å². The number of amides is 1. The SMILES string of the molecule is NC(=O)OCCNc1ncnc2nc[nH]c12.